The molecule has 2 aromatic heterocycles. The average molecular weight is 478 g/mol. The molecule has 3 aromatic rings. The van der Waals surface area contributed by atoms with Gasteiger partial charge in [0, 0.05) is 23.7 Å². The van der Waals surface area contributed by atoms with Crippen LogP contribution in [0.4, 0.5) is 0 Å². The van der Waals surface area contributed by atoms with E-state index in [1.807, 2.05) is 48.7 Å². The average Bonchev–Trinajstić information content (AvgIpc) is 3.35. The Bertz CT molecular complexity index is 1230. The third-order valence-corrected chi connectivity index (χ3v) is 7.69. The first-order valence-electron chi connectivity index (χ1n) is 12.8. The van der Waals surface area contributed by atoms with Crippen LogP contribution in [0, 0.1) is 6.92 Å². The first-order valence-corrected chi connectivity index (χ1v) is 12.8. The molecule has 0 unspecified atom stereocenters. The lowest BCUT2D eigenvalue weighted by Gasteiger charge is -2.44. The number of nitrogens with one attached hydrogen (secondary N) is 1. The minimum absolute atomic E-state index is 0.0981. The predicted molar refractivity (Wildman–Crippen MR) is 134 cm³/mol. The number of methoxy groups -OCH3 is 1. The molecule has 2 amide bonds. The lowest BCUT2D eigenvalue weighted by Crippen LogP contribution is -2.64. The summed E-state index contributed by atoms with van der Waals surface area (Å²) in [4.78, 5) is 29.6. The lowest BCUT2D eigenvalue weighted by atomic mass is 9.91. The van der Waals surface area contributed by atoms with Crippen LogP contribution < -0.4 is 10.1 Å². The van der Waals surface area contributed by atoms with Crippen LogP contribution in [0.1, 0.15) is 73.7 Å². The fourth-order valence-electron chi connectivity index (χ4n) is 5.65. The molecule has 1 saturated carbocycles. The Morgan fingerprint density at radius 2 is 1.86 bits per heavy atom. The molecule has 7 heteroatoms. The zero-order valence-electron chi connectivity index (χ0n) is 20.9. The molecule has 186 valence electrons. The third kappa shape index (κ3) is 4.32. The van der Waals surface area contributed by atoms with Gasteiger partial charge >= 0.3 is 0 Å². The SMILES string of the molecule is COc1ccccc1CN1C(=O)c2cc3oc(C)cc3n2C[C@@]1(C)C(=O)NC1CCCCCCC1. The van der Waals surface area contributed by atoms with E-state index in [0.717, 1.165) is 42.5 Å². The molecule has 7 nitrogen and oxygen atoms in total. The summed E-state index contributed by atoms with van der Waals surface area (Å²) in [6.07, 6.45) is 7.93. The number of para-hydroxylation sites is 1. The van der Waals surface area contributed by atoms with Crippen LogP contribution in [0.15, 0.2) is 40.8 Å². The Morgan fingerprint density at radius 1 is 1.14 bits per heavy atom. The summed E-state index contributed by atoms with van der Waals surface area (Å²) < 4.78 is 13.3. The lowest BCUT2D eigenvalue weighted by molar-refractivity contribution is -0.134. The van der Waals surface area contributed by atoms with Crippen LogP contribution in [0.2, 0.25) is 0 Å². The van der Waals surface area contributed by atoms with Crippen molar-refractivity contribution in [2.24, 2.45) is 0 Å². The predicted octanol–water partition coefficient (Wildman–Crippen LogP) is 5.20. The highest BCUT2D eigenvalue weighted by molar-refractivity contribution is 6.03. The molecule has 0 saturated heterocycles. The second-order valence-electron chi connectivity index (χ2n) is 10.2. The Kier molecular flexibility index (Phi) is 6.34. The topological polar surface area (TPSA) is 76.7 Å². The molecular formula is C28H35N3O4. The third-order valence-electron chi connectivity index (χ3n) is 7.69. The van der Waals surface area contributed by atoms with Gasteiger partial charge in [-0.2, -0.15) is 0 Å². The fourth-order valence-corrected chi connectivity index (χ4v) is 5.65. The number of ether oxygens (including phenoxy) is 1. The molecular weight excluding hydrogens is 442 g/mol. The van der Waals surface area contributed by atoms with Gasteiger partial charge in [-0.15, -0.1) is 0 Å². The van der Waals surface area contributed by atoms with Crippen LogP contribution in [0.25, 0.3) is 11.1 Å². The summed E-state index contributed by atoms with van der Waals surface area (Å²) >= 11 is 0. The molecule has 1 aliphatic carbocycles. The largest absolute Gasteiger partial charge is 0.496 e. The van der Waals surface area contributed by atoms with E-state index in [9.17, 15) is 9.59 Å². The van der Waals surface area contributed by atoms with E-state index < -0.39 is 5.54 Å². The van der Waals surface area contributed by atoms with E-state index >= 15 is 0 Å². The van der Waals surface area contributed by atoms with Crippen LogP contribution in [0.5, 0.6) is 5.75 Å². The molecule has 35 heavy (non-hydrogen) atoms. The van der Waals surface area contributed by atoms with E-state index in [0.29, 0.717) is 23.6 Å². The minimum Gasteiger partial charge on any atom is -0.496 e. The zero-order valence-corrected chi connectivity index (χ0v) is 20.9. The maximum absolute atomic E-state index is 14.0. The summed E-state index contributed by atoms with van der Waals surface area (Å²) in [5, 5.41) is 3.34. The van der Waals surface area contributed by atoms with Crippen LogP contribution in [-0.4, -0.2) is 40.0 Å². The van der Waals surface area contributed by atoms with E-state index in [4.69, 9.17) is 9.15 Å². The van der Waals surface area contributed by atoms with Crippen molar-refractivity contribution in [3.05, 3.63) is 53.4 Å². The van der Waals surface area contributed by atoms with Crippen molar-refractivity contribution in [3.63, 3.8) is 0 Å². The standard InChI is InChI=1S/C28H35N3O4/c1-19-15-22-25(35-19)16-23-26(32)31(17-20-11-9-10-14-24(20)34-3)28(2,18-30(22)23)27(33)29-21-12-7-5-4-6-8-13-21/h9-11,14-16,21H,4-8,12-13,17-18H2,1-3H3,(H,29,33)/t28-/m0/s1. The number of amides is 2. The molecule has 0 radical (unpaired) electrons. The van der Waals surface area contributed by atoms with Crippen LogP contribution in [-0.2, 0) is 17.9 Å². The molecule has 1 atom stereocenters. The summed E-state index contributed by atoms with van der Waals surface area (Å²) in [5.74, 6) is 1.21. The van der Waals surface area contributed by atoms with Crippen molar-refractivity contribution in [2.45, 2.75) is 83.5 Å². The van der Waals surface area contributed by atoms with Gasteiger partial charge in [0.05, 0.1) is 25.7 Å². The summed E-state index contributed by atoms with van der Waals surface area (Å²) in [5.41, 5.74) is 1.88. The summed E-state index contributed by atoms with van der Waals surface area (Å²) in [6.45, 7) is 4.43. The number of hydrogen-bond donors (Lipinski definition) is 1. The number of furan rings is 1. The Hall–Kier alpha value is -3.22. The van der Waals surface area contributed by atoms with Crippen molar-refractivity contribution < 1.29 is 18.7 Å². The van der Waals surface area contributed by atoms with Gasteiger partial charge in [0.1, 0.15) is 22.7 Å². The highest BCUT2D eigenvalue weighted by Crippen LogP contribution is 2.36. The molecule has 1 aromatic carbocycles. The number of fused-ring (bicyclic) bond motifs is 3. The Balaban J connectivity index is 1.52. The van der Waals surface area contributed by atoms with E-state index in [1.54, 1.807) is 18.1 Å². The second kappa shape index (κ2) is 9.44. The van der Waals surface area contributed by atoms with Crippen molar-refractivity contribution in [1.29, 1.82) is 0 Å². The van der Waals surface area contributed by atoms with Gasteiger partial charge in [0.25, 0.3) is 5.91 Å². The highest BCUT2D eigenvalue weighted by Gasteiger charge is 2.48. The van der Waals surface area contributed by atoms with Gasteiger partial charge in [-0.05, 0) is 32.8 Å². The van der Waals surface area contributed by atoms with Crippen LogP contribution in [0.3, 0.4) is 0 Å². The number of hydrogen-bond acceptors (Lipinski definition) is 4. The molecule has 0 spiro atoms. The van der Waals surface area contributed by atoms with Crippen molar-refractivity contribution in [2.75, 3.05) is 7.11 Å². The maximum Gasteiger partial charge on any atom is 0.271 e. The second-order valence-corrected chi connectivity index (χ2v) is 10.2. The molecule has 1 N–H and O–H groups in total. The highest BCUT2D eigenvalue weighted by atomic mass is 16.5. The number of aryl methyl sites for hydroxylation is 1. The van der Waals surface area contributed by atoms with Crippen molar-refractivity contribution in [3.8, 4) is 5.75 Å². The number of rotatable bonds is 5. The molecule has 2 aliphatic rings. The van der Waals surface area contributed by atoms with E-state index in [-0.39, 0.29) is 24.4 Å². The number of nitrogens with zero attached hydrogens (tertiary/aromatic N) is 2. The van der Waals surface area contributed by atoms with Crippen molar-refractivity contribution in [1.82, 2.24) is 14.8 Å². The minimum atomic E-state index is -1.07. The Labute approximate surface area is 206 Å². The summed E-state index contributed by atoms with van der Waals surface area (Å²) in [6, 6.07) is 11.5. The smallest absolute Gasteiger partial charge is 0.271 e. The molecule has 0 bridgehead atoms. The van der Waals surface area contributed by atoms with E-state index in [1.165, 1.54) is 19.3 Å². The number of aromatic nitrogens is 1. The molecule has 5 rings (SSSR count). The monoisotopic (exact) mass is 477 g/mol. The summed E-state index contributed by atoms with van der Waals surface area (Å²) in [7, 11) is 1.62. The molecule has 3 heterocycles. The van der Waals surface area contributed by atoms with E-state index in [2.05, 4.69) is 5.32 Å². The molecule has 1 fully saturated rings. The van der Waals surface area contributed by atoms with Gasteiger partial charge in [0.15, 0.2) is 5.58 Å². The van der Waals surface area contributed by atoms with Gasteiger partial charge in [-0.1, -0.05) is 50.3 Å². The maximum atomic E-state index is 14.0. The zero-order chi connectivity index (χ0) is 24.6. The van der Waals surface area contributed by atoms with Gasteiger partial charge in [0.2, 0.25) is 5.91 Å². The van der Waals surface area contributed by atoms with Gasteiger partial charge in [-0.3, -0.25) is 9.59 Å². The molecule has 1 aliphatic heterocycles. The Morgan fingerprint density at radius 3 is 2.60 bits per heavy atom. The first-order chi connectivity index (χ1) is 16.9. The van der Waals surface area contributed by atoms with Crippen molar-refractivity contribution >= 4 is 22.9 Å². The fraction of sp³-hybridized carbons (Fsp3) is 0.500. The number of carbonyl (C=O) groups excluding carboxylic acids is 2. The van der Waals surface area contributed by atoms with Crippen LogP contribution >= 0.6 is 0 Å². The number of benzene rings is 1. The normalized spacial score (nSPS) is 21.5. The number of carbonyl (C=O) groups is 2. The van der Waals surface area contributed by atoms with Gasteiger partial charge < -0.3 is 23.9 Å². The first kappa shape index (κ1) is 23.5. The quantitative estimate of drug-likeness (QED) is 0.548. The van der Waals surface area contributed by atoms with Gasteiger partial charge in [-0.25, -0.2) is 0 Å².